The van der Waals surface area contributed by atoms with Crippen LogP contribution in [0.15, 0.2) is 39.7 Å². The van der Waals surface area contributed by atoms with Crippen LogP contribution in [0.1, 0.15) is 41.6 Å². The lowest BCUT2D eigenvalue weighted by atomic mass is 10.1. The van der Waals surface area contributed by atoms with Crippen LogP contribution in [0.2, 0.25) is 0 Å². The zero-order chi connectivity index (χ0) is 16.1. The molecule has 0 radical (unpaired) electrons. The fourth-order valence-electron chi connectivity index (χ4n) is 2.87. The van der Waals surface area contributed by atoms with Crippen LogP contribution < -0.4 is 10.9 Å². The normalized spacial score (nSPS) is 16.9. The number of nitrogens with one attached hydrogen (secondary N) is 2. The van der Waals surface area contributed by atoms with Crippen LogP contribution in [0.3, 0.4) is 0 Å². The molecule has 0 unspecified atom stereocenters. The number of amides is 1. The Morgan fingerprint density at radius 2 is 2.13 bits per heavy atom. The maximum Gasteiger partial charge on any atom is 0.271 e. The second-order valence-corrected chi connectivity index (χ2v) is 5.64. The van der Waals surface area contributed by atoms with Crippen molar-refractivity contribution in [1.29, 1.82) is 0 Å². The van der Waals surface area contributed by atoms with E-state index in [-0.39, 0.29) is 23.2 Å². The van der Waals surface area contributed by atoms with E-state index in [4.69, 9.17) is 4.42 Å². The van der Waals surface area contributed by atoms with E-state index < -0.39 is 0 Å². The summed E-state index contributed by atoms with van der Waals surface area (Å²) in [4.78, 5) is 25.5. The Labute approximate surface area is 133 Å². The van der Waals surface area contributed by atoms with Crippen molar-refractivity contribution in [1.82, 2.24) is 20.4 Å². The van der Waals surface area contributed by atoms with Gasteiger partial charge in [0.1, 0.15) is 11.5 Å². The molecule has 1 saturated heterocycles. The number of piperidine rings is 1. The van der Waals surface area contributed by atoms with Crippen LogP contribution in [0.5, 0.6) is 0 Å². The molecule has 0 aromatic carbocycles. The largest absolute Gasteiger partial charge is 0.468 e. The Hall–Kier alpha value is -2.41. The third kappa shape index (κ3) is 3.87. The first kappa shape index (κ1) is 15.5. The van der Waals surface area contributed by atoms with Crippen LogP contribution in [0, 0.1) is 0 Å². The van der Waals surface area contributed by atoms with Gasteiger partial charge in [0.25, 0.3) is 11.5 Å². The molecule has 7 heteroatoms. The monoisotopic (exact) mass is 316 g/mol. The molecule has 1 aliphatic rings. The molecule has 2 N–H and O–H groups in total. The Bertz CT molecular complexity index is 669. The molecule has 23 heavy (non-hydrogen) atoms. The van der Waals surface area contributed by atoms with Crippen molar-refractivity contribution in [2.24, 2.45) is 0 Å². The molecule has 0 aliphatic carbocycles. The van der Waals surface area contributed by atoms with Crippen molar-refractivity contribution in [2.45, 2.75) is 25.3 Å². The zero-order valence-electron chi connectivity index (χ0n) is 12.8. The predicted molar refractivity (Wildman–Crippen MR) is 84.1 cm³/mol. The van der Waals surface area contributed by atoms with Crippen molar-refractivity contribution >= 4 is 5.91 Å². The van der Waals surface area contributed by atoms with Crippen LogP contribution in [-0.4, -0.2) is 40.6 Å². The molecular weight excluding hydrogens is 296 g/mol. The summed E-state index contributed by atoms with van der Waals surface area (Å²) in [5, 5.41) is 8.89. The number of aromatic nitrogens is 2. The first-order valence-corrected chi connectivity index (χ1v) is 7.85. The van der Waals surface area contributed by atoms with Gasteiger partial charge < -0.3 is 9.73 Å². The molecule has 1 atom stereocenters. The van der Waals surface area contributed by atoms with E-state index in [1.807, 2.05) is 12.1 Å². The topological polar surface area (TPSA) is 91.2 Å². The summed E-state index contributed by atoms with van der Waals surface area (Å²) in [5.74, 6) is 0.538. The van der Waals surface area contributed by atoms with Gasteiger partial charge in [-0.15, -0.1) is 0 Å². The number of rotatable bonds is 5. The van der Waals surface area contributed by atoms with E-state index in [2.05, 4.69) is 20.4 Å². The minimum atomic E-state index is -0.330. The average molecular weight is 316 g/mol. The molecule has 1 aliphatic heterocycles. The zero-order valence-corrected chi connectivity index (χ0v) is 12.8. The summed E-state index contributed by atoms with van der Waals surface area (Å²) < 4.78 is 5.55. The van der Waals surface area contributed by atoms with E-state index in [0.29, 0.717) is 6.54 Å². The first-order valence-electron chi connectivity index (χ1n) is 7.85. The van der Waals surface area contributed by atoms with Crippen molar-refractivity contribution in [3.8, 4) is 0 Å². The predicted octanol–water partition coefficient (Wildman–Crippen LogP) is 1.32. The fraction of sp³-hybridized carbons (Fsp3) is 0.438. The molecule has 2 aromatic rings. The number of hydrogen-bond acceptors (Lipinski definition) is 5. The number of furan rings is 1. The smallest absolute Gasteiger partial charge is 0.271 e. The Morgan fingerprint density at radius 3 is 2.78 bits per heavy atom. The molecular formula is C16H20N4O3. The van der Waals surface area contributed by atoms with Crippen molar-refractivity contribution < 1.29 is 9.21 Å². The van der Waals surface area contributed by atoms with E-state index in [1.165, 1.54) is 18.6 Å². The van der Waals surface area contributed by atoms with E-state index in [1.54, 1.807) is 6.26 Å². The molecule has 2 aromatic heterocycles. The van der Waals surface area contributed by atoms with Crippen molar-refractivity contribution in [3.05, 3.63) is 52.3 Å². The highest BCUT2D eigenvalue weighted by molar-refractivity contribution is 5.91. The summed E-state index contributed by atoms with van der Waals surface area (Å²) in [6, 6.07) is 6.51. The van der Waals surface area contributed by atoms with Crippen LogP contribution >= 0.6 is 0 Å². The highest BCUT2D eigenvalue weighted by Crippen LogP contribution is 2.24. The standard InChI is InChI=1S/C16H20N4O3/c21-15-7-6-12(18-19-15)16(22)17-11-13(14-5-4-10-23-14)20-8-2-1-3-9-20/h4-7,10,13H,1-3,8-9,11H2,(H,17,22)(H,19,21)/t13-/m1/s1. The molecule has 0 bridgehead atoms. The molecule has 1 fully saturated rings. The van der Waals surface area contributed by atoms with Gasteiger partial charge >= 0.3 is 0 Å². The number of likely N-dealkylation sites (tertiary alicyclic amines) is 1. The Balaban J connectivity index is 1.67. The SMILES string of the molecule is O=C(NC[C@H](c1ccco1)N1CCCCC1)c1ccc(=O)[nH]n1. The molecule has 3 heterocycles. The second kappa shape index (κ2) is 7.23. The maximum atomic E-state index is 12.2. The summed E-state index contributed by atoms with van der Waals surface area (Å²) in [6.45, 7) is 2.43. The lowest BCUT2D eigenvalue weighted by molar-refractivity contribution is 0.0908. The van der Waals surface area contributed by atoms with E-state index in [9.17, 15) is 9.59 Å². The Kier molecular flexibility index (Phi) is 4.87. The number of aromatic amines is 1. The molecule has 7 nitrogen and oxygen atoms in total. The Morgan fingerprint density at radius 1 is 1.30 bits per heavy atom. The number of carbonyl (C=O) groups excluding carboxylic acids is 1. The quantitative estimate of drug-likeness (QED) is 0.868. The minimum Gasteiger partial charge on any atom is -0.468 e. The van der Waals surface area contributed by atoms with E-state index >= 15 is 0 Å². The highest BCUT2D eigenvalue weighted by atomic mass is 16.3. The lowest BCUT2D eigenvalue weighted by Gasteiger charge is -2.33. The van der Waals surface area contributed by atoms with Crippen LogP contribution in [0.25, 0.3) is 0 Å². The van der Waals surface area contributed by atoms with E-state index in [0.717, 1.165) is 31.7 Å². The molecule has 0 spiro atoms. The number of H-pyrrole nitrogens is 1. The highest BCUT2D eigenvalue weighted by Gasteiger charge is 2.25. The summed E-state index contributed by atoms with van der Waals surface area (Å²) in [7, 11) is 0. The molecule has 1 amide bonds. The summed E-state index contributed by atoms with van der Waals surface area (Å²) >= 11 is 0. The van der Waals surface area contributed by atoms with Crippen LogP contribution in [-0.2, 0) is 0 Å². The minimum absolute atomic E-state index is 0.0111. The van der Waals surface area contributed by atoms with Gasteiger partial charge in [-0.2, -0.15) is 5.10 Å². The molecule has 3 rings (SSSR count). The van der Waals surface area contributed by atoms with Crippen molar-refractivity contribution in [2.75, 3.05) is 19.6 Å². The van der Waals surface area contributed by atoms with Gasteiger partial charge in [0.05, 0.1) is 12.3 Å². The second-order valence-electron chi connectivity index (χ2n) is 5.64. The molecule has 0 saturated carbocycles. The third-order valence-electron chi connectivity index (χ3n) is 4.07. The fourth-order valence-corrected chi connectivity index (χ4v) is 2.87. The van der Waals surface area contributed by atoms with Gasteiger partial charge in [0, 0.05) is 12.6 Å². The average Bonchev–Trinajstić information content (AvgIpc) is 3.11. The van der Waals surface area contributed by atoms with Gasteiger partial charge in [-0.3, -0.25) is 14.5 Å². The van der Waals surface area contributed by atoms with Gasteiger partial charge in [-0.05, 0) is 44.1 Å². The van der Waals surface area contributed by atoms with Gasteiger partial charge in [0.2, 0.25) is 0 Å². The lowest BCUT2D eigenvalue weighted by Crippen LogP contribution is -2.40. The van der Waals surface area contributed by atoms with Crippen molar-refractivity contribution in [3.63, 3.8) is 0 Å². The number of nitrogens with zero attached hydrogens (tertiary/aromatic N) is 2. The number of hydrogen-bond donors (Lipinski definition) is 2. The summed E-state index contributed by atoms with van der Waals surface area (Å²) in [5.41, 5.74) is -0.134. The van der Waals surface area contributed by atoms with Gasteiger partial charge in [0.15, 0.2) is 0 Å². The van der Waals surface area contributed by atoms with Crippen LogP contribution in [0.4, 0.5) is 0 Å². The maximum absolute atomic E-state index is 12.2. The molecule has 122 valence electrons. The van der Waals surface area contributed by atoms with Gasteiger partial charge in [-0.1, -0.05) is 6.42 Å². The first-order chi connectivity index (χ1) is 11.2. The summed E-state index contributed by atoms with van der Waals surface area (Å²) in [6.07, 6.45) is 5.21. The van der Waals surface area contributed by atoms with Gasteiger partial charge in [-0.25, -0.2) is 5.10 Å². The third-order valence-corrected chi connectivity index (χ3v) is 4.07. The number of carbonyl (C=O) groups is 1.